The molecule has 0 aliphatic carbocycles. The van der Waals surface area contributed by atoms with Crippen LogP contribution in [0, 0.1) is 0 Å². The fourth-order valence-corrected chi connectivity index (χ4v) is 1100. The molecule has 0 aromatic heterocycles. The average molecular weight is 3030 g/mol. The first kappa shape index (κ1) is 213. The van der Waals surface area contributed by atoms with Gasteiger partial charge in [0.25, 0.3) is 0 Å². The second-order valence-electron chi connectivity index (χ2n) is 12.0. The Bertz CT molecular complexity index is 1350. The van der Waals surface area contributed by atoms with Gasteiger partial charge in [0.2, 0.25) is 0 Å². The van der Waals surface area contributed by atoms with Gasteiger partial charge in [-0.05, 0) is 260 Å². The van der Waals surface area contributed by atoms with Crippen molar-refractivity contribution in [3.8, 4) is 0 Å². The van der Waals surface area contributed by atoms with Crippen LogP contribution in [0.15, 0.2) is 0 Å². The molecule has 0 bridgehead atoms. The van der Waals surface area contributed by atoms with E-state index in [2.05, 4.69) is 339 Å². The summed E-state index contributed by atoms with van der Waals surface area (Å²) in [7, 11) is 140. The second-order valence-corrected chi connectivity index (χ2v) is 324. The second kappa shape index (κ2) is 119. The summed E-state index contributed by atoms with van der Waals surface area (Å²) in [5.74, 6) is 0. The van der Waals surface area contributed by atoms with Gasteiger partial charge in [0.05, 0.1) is 0 Å². The van der Waals surface area contributed by atoms with Crippen molar-refractivity contribution in [2.45, 2.75) is 193 Å². The van der Waals surface area contributed by atoms with Crippen LogP contribution in [0.2, 0.25) is 0 Å². The number of hydrogen-bond acceptors (Lipinski definition) is 0. The Morgan fingerprint density at radius 1 is 0.126 bits per heavy atom. The zero-order valence-electron chi connectivity index (χ0n) is 39.4. The molecule has 103 heavy (non-hydrogen) atoms. The molecule has 0 rings (SSSR count). The van der Waals surface area contributed by atoms with Crippen LogP contribution < -0.4 is 0 Å². The minimum atomic E-state index is -0.336. The van der Waals surface area contributed by atoms with E-state index in [1.54, 1.807) is 0 Å². The zero-order chi connectivity index (χ0) is 60.2. The van der Waals surface area contributed by atoms with Crippen molar-refractivity contribution in [2.24, 2.45) is 0 Å². The Morgan fingerprint density at radius 2 is 0.214 bits per heavy atom. The molecule has 0 aliphatic rings. The smallest absolute Gasteiger partial charge is 0 e. The zero-order valence-corrected chi connectivity index (χ0v) is 120. The summed E-state index contributed by atoms with van der Waals surface area (Å²) >= 11 is 0. The molecule has 77 heteroatoms. The summed E-state index contributed by atoms with van der Waals surface area (Å²) in [5.41, 5.74) is 0. The van der Waals surface area contributed by atoms with Gasteiger partial charge < -0.3 is 0 Å². The molecular formula is C26H182P76W. The molecule has 0 aromatic carbocycles. The van der Waals surface area contributed by atoms with E-state index in [1.807, 2.05) is 0 Å². The minimum absolute atomic E-state index is 0. The maximum atomic E-state index is 3.84. The van der Waals surface area contributed by atoms with Gasteiger partial charge in [-0.15, -0.1) is 339 Å². The van der Waals surface area contributed by atoms with Crippen LogP contribution in [0.1, 0.15) is 193 Å². The molecule has 0 fully saturated rings. The van der Waals surface area contributed by atoms with E-state index in [0.29, 0.717) is 0 Å². The van der Waals surface area contributed by atoms with Gasteiger partial charge in [0.1, 0.15) is 0 Å². The van der Waals surface area contributed by atoms with E-state index in [1.165, 1.54) is 7.96 Å². The normalized spacial score (nSPS) is 12.1. The summed E-state index contributed by atoms with van der Waals surface area (Å²) in [6.07, 6.45) is 0. The van der Waals surface area contributed by atoms with Gasteiger partial charge in [-0.1, -0.05) is 201 Å². The Hall–Kier alpha value is 33.4. The molecule has 44 unspecified atom stereocenters. The van der Waals surface area contributed by atoms with Crippen LogP contribution in [0.25, 0.3) is 0 Å². The fraction of sp³-hybridized carbons (Fsp3) is 1.00. The first-order chi connectivity index (χ1) is 34.6. The van der Waals surface area contributed by atoms with Crippen molar-refractivity contribution in [2.75, 3.05) is 0 Å². The van der Waals surface area contributed by atoms with Crippen molar-refractivity contribution in [1.29, 1.82) is 0 Å². The fourth-order valence-electron chi connectivity index (χ4n) is 4.52. The molecule has 0 saturated heterocycles. The van der Waals surface area contributed by atoms with Crippen molar-refractivity contribution >= 4 is 607 Å². The maximum Gasteiger partial charge on any atom is 0 e. The van der Waals surface area contributed by atoms with Crippen molar-refractivity contribution in [3.05, 3.63) is 0 Å². The van der Waals surface area contributed by atoms with Crippen molar-refractivity contribution in [3.63, 3.8) is 0 Å². The van der Waals surface area contributed by atoms with E-state index in [9.17, 15) is 0 Å². The summed E-state index contributed by atoms with van der Waals surface area (Å²) in [6.45, 7) is -9.57. The third kappa shape index (κ3) is 78.3. The van der Waals surface area contributed by atoms with E-state index in [-0.39, 0.29) is 466 Å². The molecule has 0 nitrogen and oxygen atoms in total. The Labute approximate surface area is 809 Å². The van der Waals surface area contributed by atoms with E-state index < -0.39 is 0 Å². The molecule has 0 spiro atoms. The van der Waals surface area contributed by atoms with Gasteiger partial charge in [0, 0.05) is 21.1 Å². The standard InChI is InChI=1S/26CH4.H78P76.W/c;;;;;;;;;;;;;;;;;;;;;;;;;;1-39-59(38)71(62(41(2)3)42(4)5)75(76(69(55(30)31)56(32)33)70(57(34)35)58(36)37)61(74(67(51(22)23)52(24)25)68(53(26)27)54(28)29)40-60(72(63(43(6)7)44(8)9)64(45(10)11)46(12)13)73(65(47(14)15)48(16)17)66(49(18)19)50(20)21;/h26*1H4;39-40H,1-38H2;. The summed E-state index contributed by atoms with van der Waals surface area (Å²) < 4.78 is 0. The molecule has 0 saturated carbocycles. The summed E-state index contributed by atoms with van der Waals surface area (Å²) in [5, 5.41) is 0. The first-order valence-electron chi connectivity index (χ1n) is 17.3. The molecule has 0 amide bonds. The Morgan fingerprint density at radius 3 is 0.311 bits per heavy atom. The van der Waals surface area contributed by atoms with Crippen LogP contribution in [0.5, 0.6) is 0 Å². The molecule has 672 valence electrons. The van der Waals surface area contributed by atoms with E-state index in [4.69, 9.17) is 0 Å². The molecule has 0 heterocycles. The molecular weight excluding hydrogens is 2850 g/mol. The molecule has 0 aliphatic heterocycles. The van der Waals surface area contributed by atoms with E-state index in [0.717, 1.165) is 7.96 Å². The maximum absolute atomic E-state index is 3.84. The van der Waals surface area contributed by atoms with Crippen LogP contribution in [0.4, 0.5) is 0 Å². The van der Waals surface area contributed by atoms with Crippen molar-refractivity contribution < 1.29 is 21.1 Å². The summed E-state index contributed by atoms with van der Waals surface area (Å²) in [4.78, 5) is 0. The predicted octanol–water partition coefficient (Wildman–Crippen LogP) is 61.1. The molecule has 0 N–H and O–H groups in total. The van der Waals surface area contributed by atoms with Gasteiger partial charge in [0.15, 0.2) is 0 Å². The molecule has 0 radical (unpaired) electrons. The largest absolute Gasteiger partial charge is 0.109 e. The molecule has 0 aromatic rings. The minimum Gasteiger partial charge on any atom is -0.109 e. The van der Waals surface area contributed by atoms with Gasteiger partial charge >= 0.3 is 0 Å². The SMILES string of the molecule is C.C.C.C.C.C.C.C.C.C.C.C.C.C.C.C.C.C.C.C.C.C.C.C.C.C.PPP(P)P(P(P(P)P)P(P)P)P(P(PP(P(P(P(P)P)P(P)P)P(P(P)P)P(P)P)P(P(P(P)P)P(P)P)P(P(P)P)P(P)P)P(P(P(P)P)P(P)P)P(P(P)P)P(P)P)P(P(P(P)P)P(P)P)P(P(P)P)P(P)P.[W]. The van der Waals surface area contributed by atoms with Crippen LogP contribution in [-0.4, -0.2) is 0 Å². The van der Waals surface area contributed by atoms with Crippen LogP contribution in [0.3, 0.4) is 0 Å². The number of rotatable bonds is 37. The monoisotopic (exact) mass is 3030 g/mol. The van der Waals surface area contributed by atoms with Gasteiger partial charge in [-0.3, -0.25) is 0 Å². The topological polar surface area (TPSA) is 0 Å². The van der Waals surface area contributed by atoms with E-state index >= 15 is 0 Å². The van der Waals surface area contributed by atoms with Crippen LogP contribution in [-0.2, 0) is 21.1 Å². The van der Waals surface area contributed by atoms with Gasteiger partial charge in [-0.25, -0.2) is 0 Å². The summed E-state index contributed by atoms with van der Waals surface area (Å²) in [6, 6.07) is 0. The number of hydrogen-bond donors (Lipinski definition) is 0. The molecule has 44 atom stereocenters. The van der Waals surface area contributed by atoms with Crippen LogP contribution >= 0.6 is 607 Å². The predicted molar refractivity (Wildman–Crippen MR) is 810 cm³/mol. The first-order valence-corrected chi connectivity index (χ1v) is 156. The third-order valence-electron chi connectivity index (χ3n) is 6.66. The Balaban J connectivity index is -0.0000000801. The third-order valence-corrected chi connectivity index (χ3v) is 539. The van der Waals surface area contributed by atoms with Gasteiger partial charge in [-0.2, -0.15) is 0 Å². The quantitative estimate of drug-likeness (QED) is 0.0544. The average Bonchev–Trinajstić information content (AvgIpc) is 3.21. The Kier molecular flexibility index (Phi) is 246. The van der Waals surface area contributed by atoms with Crippen molar-refractivity contribution in [1.82, 2.24) is 0 Å².